The fourth-order valence-electron chi connectivity index (χ4n) is 4.91. The van der Waals surface area contributed by atoms with Crippen molar-refractivity contribution in [2.75, 3.05) is 19.6 Å². The van der Waals surface area contributed by atoms with E-state index in [9.17, 15) is 13.2 Å². The van der Waals surface area contributed by atoms with E-state index < -0.39 is 15.4 Å². The molecule has 1 saturated heterocycles. The summed E-state index contributed by atoms with van der Waals surface area (Å²) in [5.41, 5.74) is 0.742. The maximum absolute atomic E-state index is 13.0. The van der Waals surface area contributed by atoms with Gasteiger partial charge in [-0.1, -0.05) is 29.3 Å². The minimum absolute atomic E-state index is 0.0341. The SMILES string of the molecule is Cn1cnc(S(=O)(=O)N2CC3C(C2)C3(CNC(=O)c2ccc(Cl)cc2Cl)c2ccccn2)c1. The van der Waals surface area contributed by atoms with Gasteiger partial charge in [-0.25, -0.2) is 13.4 Å². The topological polar surface area (TPSA) is 97.2 Å². The van der Waals surface area contributed by atoms with Crippen LogP contribution in [0.25, 0.3) is 0 Å². The highest BCUT2D eigenvalue weighted by atomic mass is 35.5. The Labute approximate surface area is 201 Å². The lowest BCUT2D eigenvalue weighted by Crippen LogP contribution is -2.41. The number of benzene rings is 1. The van der Waals surface area contributed by atoms with Crippen molar-refractivity contribution in [3.63, 3.8) is 0 Å². The maximum atomic E-state index is 13.0. The number of amides is 1. The van der Waals surface area contributed by atoms with Gasteiger partial charge in [-0.15, -0.1) is 0 Å². The molecule has 5 rings (SSSR count). The number of hydrogen-bond donors (Lipinski definition) is 1. The van der Waals surface area contributed by atoms with Crippen LogP contribution in [-0.4, -0.2) is 52.8 Å². The molecule has 0 radical (unpaired) electrons. The molecule has 3 aromatic rings. The fourth-order valence-corrected chi connectivity index (χ4v) is 6.87. The lowest BCUT2D eigenvalue weighted by Gasteiger charge is -2.26. The number of fused-ring (bicyclic) bond motifs is 1. The van der Waals surface area contributed by atoms with Crippen LogP contribution in [0.15, 0.2) is 60.1 Å². The molecule has 2 unspecified atom stereocenters. The Morgan fingerprint density at radius 3 is 2.55 bits per heavy atom. The van der Waals surface area contributed by atoms with Gasteiger partial charge in [-0.2, -0.15) is 4.31 Å². The van der Waals surface area contributed by atoms with Gasteiger partial charge in [-0.05, 0) is 42.2 Å². The van der Waals surface area contributed by atoms with Crippen molar-refractivity contribution in [2.45, 2.75) is 10.4 Å². The van der Waals surface area contributed by atoms with Crippen LogP contribution in [0.3, 0.4) is 0 Å². The van der Waals surface area contributed by atoms with Crippen LogP contribution in [0.2, 0.25) is 10.0 Å². The lowest BCUT2D eigenvalue weighted by atomic mass is 9.94. The zero-order valence-corrected chi connectivity index (χ0v) is 20.0. The second-order valence-corrected chi connectivity index (χ2v) is 11.2. The number of nitrogens with one attached hydrogen (secondary N) is 1. The highest BCUT2D eigenvalue weighted by molar-refractivity contribution is 7.89. The van der Waals surface area contributed by atoms with Gasteiger partial charge >= 0.3 is 0 Å². The largest absolute Gasteiger partial charge is 0.351 e. The summed E-state index contributed by atoms with van der Waals surface area (Å²) in [6, 6.07) is 10.4. The van der Waals surface area contributed by atoms with Crippen molar-refractivity contribution in [1.82, 2.24) is 24.2 Å². The predicted molar refractivity (Wildman–Crippen MR) is 124 cm³/mol. The van der Waals surface area contributed by atoms with E-state index in [2.05, 4.69) is 15.3 Å². The van der Waals surface area contributed by atoms with Gasteiger partial charge in [0.15, 0.2) is 5.03 Å². The van der Waals surface area contributed by atoms with Gasteiger partial charge in [0.2, 0.25) is 0 Å². The maximum Gasteiger partial charge on any atom is 0.262 e. The minimum atomic E-state index is -3.67. The monoisotopic (exact) mass is 505 g/mol. The quantitative estimate of drug-likeness (QED) is 0.555. The van der Waals surface area contributed by atoms with Crippen molar-refractivity contribution in [3.05, 3.63) is 76.4 Å². The summed E-state index contributed by atoms with van der Waals surface area (Å²) >= 11 is 12.1. The lowest BCUT2D eigenvalue weighted by molar-refractivity contribution is 0.0947. The molecule has 0 spiro atoms. The van der Waals surface area contributed by atoms with E-state index in [1.165, 1.54) is 22.9 Å². The number of piperidine rings is 1. The predicted octanol–water partition coefficient (Wildman–Crippen LogP) is 2.74. The number of halogens is 2. The van der Waals surface area contributed by atoms with Crippen LogP contribution in [-0.2, 0) is 22.5 Å². The number of aryl methyl sites for hydroxylation is 1. The smallest absolute Gasteiger partial charge is 0.262 e. The van der Waals surface area contributed by atoms with Gasteiger partial charge in [0.25, 0.3) is 15.9 Å². The first-order valence-corrected chi connectivity index (χ1v) is 12.6. The molecular weight excluding hydrogens is 485 g/mol. The van der Waals surface area contributed by atoms with Crippen molar-refractivity contribution >= 4 is 39.1 Å². The molecule has 1 aromatic carbocycles. The van der Waals surface area contributed by atoms with Crippen LogP contribution in [0.5, 0.6) is 0 Å². The van der Waals surface area contributed by atoms with E-state index >= 15 is 0 Å². The summed E-state index contributed by atoms with van der Waals surface area (Å²) < 4.78 is 29.1. The zero-order chi connectivity index (χ0) is 23.4. The van der Waals surface area contributed by atoms with E-state index in [1.54, 1.807) is 29.9 Å². The summed E-state index contributed by atoms with van der Waals surface area (Å²) in [4.78, 5) is 21.4. The molecule has 3 heterocycles. The Morgan fingerprint density at radius 1 is 1.18 bits per heavy atom. The normalized spacial score (nSPS) is 24.5. The van der Waals surface area contributed by atoms with Crippen LogP contribution in [0, 0.1) is 11.8 Å². The van der Waals surface area contributed by atoms with Gasteiger partial charge in [-0.3, -0.25) is 9.78 Å². The summed E-state index contributed by atoms with van der Waals surface area (Å²) in [6.45, 7) is 1.02. The molecule has 2 fully saturated rings. The summed E-state index contributed by atoms with van der Waals surface area (Å²) in [7, 11) is -1.94. The molecule has 1 N–H and O–H groups in total. The van der Waals surface area contributed by atoms with E-state index in [4.69, 9.17) is 23.2 Å². The van der Waals surface area contributed by atoms with Crippen LogP contribution in [0.1, 0.15) is 16.1 Å². The van der Waals surface area contributed by atoms with E-state index in [1.807, 2.05) is 18.2 Å². The number of rotatable bonds is 6. The summed E-state index contributed by atoms with van der Waals surface area (Å²) in [5.74, 6) is -0.242. The molecule has 1 aliphatic heterocycles. The standard InChI is InChI=1S/C22H21Cl2N5O3S/c1-28-11-20(27-13-28)33(31,32)29-9-16-17(10-29)22(16,19-4-2-3-7-25-19)12-26-21(30)15-6-5-14(23)8-18(15)24/h2-8,11,13,16-17H,9-10,12H2,1H3,(H,26,30). The third-order valence-electron chi connectivity index (χ3n) is 6.64. The Balaban J connectivity index is 1.37. The number of carbonyl (C=O) groups excluding carboxylic acids is 1. The van der Waals surface area contributed by atoms with Crippen molar-refractivity contribution in [3.8, 4) is 0 Å². The first kappa shape index (κ1) is 22.3. The van der Waals surface area contributed by atoms with Gasteiger partial charge in [0.05, 0.1) is 16.9 Å². The molecule has 2 atom stereocenters. The molecule has 8 nitrogen and oxygen atoms in total. The van der Waals surface area contributed by atoms with Crippen LogP contribution in [0.4, 0.5) is 0 Å². The molecule has 172 valence electrons. The number of hydrogen-bond acceptors (Lipinski definition) is 5. The third-order valence-corrected chi connectivity index (χ3v) is 8.91. The molecular formula is C22H21Cl2N5O3S. The van der Waals surface area contributed by atoms with Crippen molar-refractivity contribution < 1.29 is 13.2 Å². The fraction of sp³-hybridized carbons (Fsp3) is 0.318. The third kappa shape index (κ3) is 3.73. The Morgan fingerprint density at radius 2 is 1.94 bits per heavy atom. The van der Waals surface area contributed by atoms with Crippen molar-refractivity contribution in [2.24, 2.45) is 18.9 Å². The second kappa shape index (κ2) is 8.09. The molecule has 1 aliphatic carbocycles. The first-order valence-electron chi connectivity index (χ1n) is 10.4. The number of imidazole rings is 1. The second-order valence-electron chi connectivity index (χ2n) is 8.47. The van der Waals surface area contributed by atoms with Gasteiger partial charge < -0.3 is 9.88 Å². The number of sulfonamides is 1. The van der Waals surface area contributed by atoms with Gasteiger partial charge in [0.1, 0.15) is 0 Å². The Bertz CT molecular complexity index is 1320. The highest BCUT2D eigenvalue weighted by Crippen LogP contribution is 2.63. The molecule has 33 heavy (non-hydrogen) atoms. The summed E-state index contributed by atoms with van der Waals surface area (Å²) in [5, 5.41) is 3.75. The van der Waals surface area contributed by atoms with E-state index in [0.29, 0.717) is 30.2 Å². The molecule has 2 aromatic heterocycles. The average Bonchev–Trinajstić information content (AvgIpc) is 3.14. The average molecular weight is 506 g/mol. The Kier molecular flexibility index (Phi) is 5.48. The number of nitrogens with zero attached hydrogens (tertiary/aromatic N) is 4. The first-order chi connectivity index (χ1) is 15.7. The molecule has 1 saturated carbocycles. The van der Waals surface area contributed by atoms with E-state index in [0.717, 1.165) is 5.69 Å². The van der Waals surface area contributed by atoms with Crippen LogP contribution >= 0.6 is 23.2 Å². The number of pyridine rings is 1. The molecule has 1 amide bonds. The summed E-state index contributed by atoms with van der Waals surface area (Å²) in [6.07, 6.45) is 4.69. The molecule has 2 aliphatic rings. The van der Waals surface area contributed by atoms with E-state index in [-0.39, 0.29) is 27.8 Å². The molecule has 11 heteroatoms. The van der Waals surface area contributed by atoms with Gasteiger partial charge in [0, 0.05) is 55.2 Å². The number of aromatic nitrogens is 3. The zero-order valence-electron chi connectivity index (χ0n) is 17.6. The molecule has 0 bridgehead atoms. The Hall–Kier alpha value is -2.46. The minimum Gasteiger partial charge on any atom is -0.351 e. The number of carbonyl (C=O) groups is 1. The van der Waals surface area contributed by atoms with Crippen molar-refractivity contribution in [1.29, 1.82) is 0 Å². The highest BCUT2D eigenvalue weighted by Gasteiger charge is 2.70. The van der Waals surface area contributed by atoms with Crippen LogP contribution < -0.4 is 5.32 Å².